The molecule has 3 unspecified atom stereocenters. The number of nitrogens with zero attached hydrogens (tertiary/aromatic N) is 2. The highest BCUT2D eigenvalue weighted by Gasteiger charge is 2.49. The fourth-order valence-electron chi connectivity index (χ4n) is 4.68. The Bertz CT molecular complexity index is 685. The highest BCUT2D eigenvalue weighted by atomic mass is 16.3. The lowest BCUT2D eigenvalue weighted by Gasteiger charge is -2.53. The van der Waals surface area contributed by atoms with Crippen molar-refractivity contribution in [2.75, 3.05) is 11.4 Å². The van der Waals surface area contributed by atoms with E-state index in [-0.39, 0.29) is 5.92 Å². The van der Waals surface area contributed by atoms with Crippen LogP contribution in [-0.4, -0.2) is 22.7 Å². The maximum atomic E-state index is 11.6. The Labute approximate surface area is 144 Å². The van der Waals surface area contributed by atoms with Crippen LogP contribution < -0.4 is 4.90 Å². The first-order valence-corrected chi connectivity index (χ1v) is 9.16. The number of aromatic nitrogens is 1. The molecule has 0 bridgehead atoms. The minimum atomic E-state index is -0.701. The molecule has 3 nitrogen and oxygen atoms in total. The van der Waals surface area contributed by atoms with E-state index in [4.69, 9.17) is 0 Å². The molecule has 3 atom stereocenters. The Morgan fingerprint density at radius 1 is 1.08 bits per heavy atom. The summed E-state index contributed by atoms with van der Waals surface area (Å²) < 4.78 is 0. The van der Waals surface area contributed by atoms with Crippen LogP contribution >= 0.6 is 0 Å². The standard InChI is InChI=1S/C21H26N2O/c1-16-11-12-20(22-15-16)23-14-13-21(24,17-7-3-2-4-8-17)18-9-5-6-10-19(18)23/h2-4,7-8,11-12,15,18-19,24H,5-6,9-10,13-14H2,1H3. The first kappa shape index (κ1) is 15.6. The van der Waals surface area contributed by atoms with Crippen LogP contribution in [0.25, 0.3) is 0 Å². The van der Waals surface area contributed by atoms with Crippen LogP contribution in [-0.2, 0) is 5.60 Å². The van der Waals surface area contributed by atoms with E-state index < -0.39 is 5.60 Å². The van der Waals surface area contributed by atoms with Gasteiger partial charge in [0.1, 0.15) is 5.82 Å². The van der Waals surface area contributed by atoms with E-state index in [0.717, 1.165) is 37.2 Å². The predicted molar refractivity (Wildman–Crippen MR) is 97.0 cm³/mol. The SMILES string of the molecule is Cc1ccc(N2CCC(O)(c3ccccc3)C3CCCCC32)nc1. The molecule has 0 radical (unpaired) electrons. The summed E-state index contributed by atoms with van der Waals surface area (Å²) in [6.07, 6.45) is 7.42. The van der Waals surface area contributed by atoms with Gasteiger partial charge < -0.3 is 10.0 Å². The first-order chi connectivity index (χ1) is 11.7. The van der Waals surface area contributed by atoms with Crippen LogP contribution in [0.4, 0.5) is 5.82 Å². The van der Waals surface area contributed by atoms with Gasteiger partial charge in [-0.2, -0.15) is 0 Å². The summed E-state index contributed by atoms with van der Waals surface area (Å²) in [5, 5.41) is 11.6. The molecule has 1 aliphatic heterocycles. The van der Waals surface area contributed by atoms with E-state index in [1.165, 1.54) is 18.4 Å². The lowest BCUT2D eigenvalue weighted by molar-refractivity contribution is -0.0690. The average molecular weight is 322 g/mol. The van der Waals surface area contributed by atoms with Gasteiger partial charge in [-0.1, -0.05) is 49.2 Å². The second-order valence-electron chi connectivity index (χ2n) is 7.39. The van der Waals surface area contributed by atoms with Gasteiger partial charge in [-0.3, -0.25) is 0 Å². The zero-order valence-electron chi connectivity index (χ0n) is 14.4. The number of rotatable bonds is 2. The second-order valence-corrected chi connectivity index (χ2v) is 7.39. The van der Waals surface area contributed by atoms with E-state index in [2.05, 4.69) is 41.1 Å². The van der Waals surface area contributed by atoms with Gasteiger partial charge in [0.25, 0.3) is 0 Å². The number of hydrogen-bond donors (Lipinski definition) is 1. The maximum Gasteiger partial charge on any atom is 0.128 e. The monoisotopic (exact) mass is 322 g/mol. The molecule has 24 heavy (non-hydrogen) atoms. The molecule has 2 heterocycles. The molecule has 1 saturated carbocycles. The summed E-state index contributed by atoms with van der Waals surface area (Å²) in [6, 6.07) is 14.9. The molecule has 2 fully saturated rings. The van der Waals surface area contributed by atoms with Crippen molar-refractivity contribution in [2.24, 2.45) is 5.92 Å². The fourth-order valence-corrected chi connectivity index (χ4v) is 4.68. The van der Waals surface area contributed by atoms with E-state index in [1.807, 2.05) is 24.4 Å². The summed E-state index contributed by atoms with van der Waals surface area (Å²) >= 11 is 0. The van der Waals surface area contributed by atoms with Crippen LogP contribution in [0.5, 0.6) is 0 Å². The quantitative estimate of drug-likeness (QED) is 0.906. The van der Waals surface area contributed by atoms with Gasteiger partial charge in [0, 0.05) is 24.7 Å². The van der Waals surface area contributed by atoms with Crippen LogP contribution in [0.1, 0.15) is 43.2 Å². The number of benzene rings is 1. The average Bonchev–Trinajstić information content (AvgIpc) is 2.64. The van der Waals surface area contributed by atoms with E-state index >= 15 is 0 Å². The van der Waals surface area contributed by atoms with Crippen LogP contribution in [0, 0.1) is 12.8 Å². The zero-order chi connectivity index (χ0) is 16.6. The fraction of sp³-hybridized carbons (Fsp3) is 0.476. The molecular formula is C21H26N2O. The van der Waals surface area contributed by atoms with Gasteiger partial charge in [0.2, 0.25) is 0 Å². The zero-order valence-corrected chi connectivity index (χ0v) is 14.4. The van der Waals surface area contributed by atoms with Crippen molar-refractivity contribution < 1.29 is 5.11 Å². The number of aryl methyl sites for hydroxylation is 1. The van der Waals surface area contributed by atoms with Gasteiger partial charge in [-0.05, 0) is 43.4 Å². The van der Waals surface area contributed by atoms with Crippen molar-refractivity contribution in [1.82, 2.24) is 4.98 Å². The molecular weight excluding hydrogens is 296 g/mol. The minimum absolute atomic E-state index is 0.283. The molecule has 1 N–H and O–H groups in total. The summed E-state index contributed by atoms with van der Waals surface area (Å²) in [7, 11) is 0. The predicted octanol–water partition coefficient (Wildman–Crippen LogP) is 4.05. The van der Waals surface area contributed by atoms with Crippen molar-refractivity contribution in [2.45, 2.75) is 50.7 Å². The van der Waals surface area contributed by atoms with Crippen molar-refractivity contribution in [3.05, 3.63) is 59.8 Å². The third-order valence-corrected chi connectivity index (χ3v) is 5.94. The summed E-state index contributed by atoms with van der Waals surface area (Å²) in [6.45, 7) is 2.94. The lowest BCUT2D eigenvalue weighted by atomic mass is 9.66. The molecule has 0 amide bonds. The Balaban J connectivity index is 1.68. The number of pyridine rings is 1. The first-order valence-electron chi connectivity index (χ1n) is 9.16. The van der Waals surface area contributed by atoms with Gasteiger partial charge in [-0.25, -0.2) is 4.98 Å². The highest BCUT2D eigenvalue weighted by molar-refractivity contribution is 5.43. The minimum Gasteiger partial charge on any atom is -0.385 e. The molecule has 2 aromatic rings. The molecule has 3 heteroatoms. The van der Waals surface area contributed by atoms with E-state index in [1.54, 1.807) is 0 Å². The van der Waals surface area contributed by atoms with E-state index in [9.17, 15) is 5.11 Å². The smallest absolute Gasteiger partial charge is 0.128 e. The topological polar surface area (TPSA) is 36.4 Å². The summed E-state index contributed by atoms with van der Waals surface area (Å²) in [4.78, 5) is 7.10. The molecule has 1 aliphatic carbocycles. The number of aliphatic hydroxyl groups is 1. The van der Waals surface area contributed by atoms with Gasteiger partial charge in [-0.15, -0.1) is 0 Å². The Hall–Kier alpha value is -1.87. The molecule has 1 aromatic heterocycles. The van der Waals surface area contributed by atoms with Gasteiger partial charge >= 0.3 is 0 Å². The van der Waals surface area contributed by atoms with E-state index in [0.29, 0.717) is 6.04 Å². The Morgan fingerprint density at radius 3 is 2.62 bits per heavy atom. The van der Waals surface area contributed by atoms with Crippen LogP contribution in [0.3, 0.4) is 0 Å². The van der Waals surface area contributed by atoms with Gasteiger partial charge in [0.15, 0.2) is 0 Å². The Morgan fingerprint density at radius 2 is 1.88 bits per heavy atom. The largest absolute Gasteiger partial charge is 0.385 e. The van der Waals surface area contributed by atoms with Crippen LogP contribution in [0.15, 0.2) is 48.7 Å². The van der Waals surface area contributed by atoms with Gasteiger partial charge in [0.05, 0.1) is 5.60 Å². The molecule has 0 spiro atoms. The Kier molecular flexibility index (Phi) is 4.05. The van der Waals surface area contributed by atoms with Crippen LogP contribution in [0.2, 0.25) is 0 Å². The molecule has 1 aromatic carbocycles. The second kappa shape index (κ2) is 6.21. The summed E-state index contributed by atoms with van der Waals surface area (Å²) in [5.41, 5.74) is 1.57. The highest BCUT2D eigenvalue weighted by Crippen LogP contribution is 2.47. The van der Waals surface area contributed by atoms with Crippen molar-refractivity contribution in [1.29, 1.82) is 0 Å². The summed E-state index contributed by atoms with van der Waals surface area (Å²) in [5.74, 6) is 1.35. The number of piperidine rings is 1. The third-order valence-electron chi connectivity index (χ3n) is 5.94. The molecule has 126 valence electrons. The molecule has 2 aliphatic rings. The normalized spacial score (nSPS) is 30.0. The number of anilines is 1. The molecule has 1 saturated heterocycles. The van der Waals surface area contributed by atoms with Crippen molar-refractivity contribution >= 4 is 5.82 Å². The lowest BCUT2D eigenvalue weighted by Crippen LogP contribution is -2.57. The van der Waals surface area contributed by atoms with Crippen molar-refractivity contribution in [3.63, 3.8) is 0 Å². The maximum absolute atomic E-state index is 11.6. The molecule has 4 rings (SSSR count). The number of fused-ring (bicyclic) bond motifs is 1. The third kappa shape index (κ3) is 2.61. The van der Waals surface area contributed by atoms with Crippen molar-refractivity contribution in [3.8, 4) is 0 Å². The number of hydrogen-bond acceptors (Lipinski definition) is 3.